The summed E-state index contributed by atoms with van der Waals surface area (Å²) in [5.41, 5.74) is 1.75. The Bertz CT molecular complexity index is 1280. The Morgan fingerprint density at radius 1 is 0.970 bits per heavy atom. The first-order chi connectivity index (χ1) is 15.8. The summed E-state index contributed by atoms with van der Waals surface area (Å²) in [5, 5.41) is 2.68. The summed E-state index contributed by atoms with van der Waals surface area (Å²) in [6, 6.07) is 18.2. The maximum Gasteiger partial charge on any atom is 0.257 e. The molecule has 0 bridgehead atoms. The van der Waals surface area contributed by atoms with Gasteiger partial charge in [0.1, 0.15) is 5.82 Å². The molecule has 1 fully saturated rings. The van der Waals surface area contributed by atoms with Gasteiger partial charge in [-0.15, -0.1) is 0 Å². The Morgan fingerprint density at radius 2 is 1.67 bits per heavy atom. The number of nitrogens with zero attached hydrogens (tertiary/aromatic N) is 2. The minimum absolute atomic E-state index is 0.00152. The van der Waals surface area contributed by atoms with Crippen molar-refractivity contribution in [3.8, 4) is 0 Å². The van der Waals surface area contributed by atoms with E-state index in [0.29, 0.717) is 31.7 Å². The van der Waals surface area contributed by atoms with Crippen LogP contribution in [0.5, 0.6) is 0 Å². The van der Waals surface area contributed by atoms with Gasteiger partial charge in [0.2, 0.25) is 10.0 Å². The van der Waals surface area contributed by atoms with Crippen molar-refractivity contribution in [1.82, 2.24) is 4.31 Å². The molecule has 9 heteroatoms. The molecule has 0 saturated carbocycles. The van der Waals surface area contributed by atoms with Gasteiger partial charge in [-0.2, -0.15) is 4.31 Å². The topological polar surface area (TPSA) is 69.7 Å². The Balaban J connectivity index is 1.51. The molecule has 3 aromatic carbocycles. The second kappa shape index (κ2) is 9.51. The van der Waals surface area contributed by atoms with E-state index in [4.69, 9.17) is 11.6 Å². The number of rotatable bonds is 5. The van der Waals surface area contributed by atoms with Gasteiger partial charge in [0, 0.05) is 37.6 Å². The third-order valence-corrected chi connectivity index (χ3v) is 7.83. The maximum absolute atomic E-state index is 13.8. The van der Waals surface area contributed by atoms with Crippen molar-refractivity contribution in [2.24, 2.45) is 0 Å². The second-order valence-electron chi connectivity index (χ2n) is 7.79. The number of carbonyl (C=O) groups is 1. The highest BCUT2D eigenvalue weighted by atomic mass is 35.5. The molecular weight excluding hydrogens is 465 g/mol. The third kappa shape index (κ3) is 5.03. The first-order valence-electron chi connectivity index (χ1n) is 10.4. The number of hydrogen-bond donors (Lipinski definition) is 1. The number of amides is 1. The standard InChI is InChI=1S/C24H23ClFN3O3S/c1-17-7-8-18(15-23(17)26)27-24(30)21-16-20(9-10-22(21)25)33(31,32)29-13-11-28(12-14-29)19-5-3-2-4-6-19/h2-10,15-16H,11-14H2,1H3,(H,27,30). The van der Waals surface area contributed by atoms with Gasteiger partial charge in [-0.05, 0) is 55.0 Å². The molecule has 172 valence electrons. The van der Waals surface area contributed by atoms with Crippen molar-refractivity contribution < 1.29 is 17.6 Å². The molecular formula is C24H23ClFN3O3S. The fraction of sp³-hybridized carbons (Fsp3) is 0.208. The number of halogens is 2. The molecule has 1 heterocycles. The maximum atomic E-state index is 13.8. The van der Waals surface area contributed by atoms with E-state index in [2.05, 4.69) is 10.2 Å². The van der Waals surface area contributed by atoms with E-state index in [0.717, 1.165) is 5.69 Å². The lowest BCUT2D eigenvalue weighted by Crippen LogP contribution is -2.48. The molecule has 0 spiro atoms. The van der Waals surface area contributed by atoms with Gasteiger partial charge in [-0.1, -0.05) is 35.9 Å². The summed E-state index contributed by atoms with van der Waals surface area (Å²) in [6.45, 7) is 3.38. The van der Waals surface area contributed by atoms with Crippen LogP contribution in [0.2, 0.25) is 5.02 Å². The largest absolute Gasteiger partial charge is 0.369 e. The predicted molar refractivity (Wildman–Crippen MR) is 128 cm³/mol. The Hall–Kier alpha value is -2.94. The summed E-state index contributed by atoms with van der Waals surface area (Å²) in [4.78, 5) is 14.9. The minimum Gasteiger partial charge on any atom is -0.369 e. The van der Waals surface area contributed by atoms with Crippen molar-refractivity contribution in [2.75, 3.05) is 36.4 Å². The van der Waals surface area contributed by atoms with Crippen LogP contribution in [-0.4, -0.2) is 44.8 Å². The van der Waals surface area contributed by atoms with Crippen LogP contribution in [0.4, 0.5) is 15.8 Å². The van der Waals surface area contributed by atoms with Gasteiger partial charge in [-0.25, -0.2) is 12.8 Å². The third-order valence-electron chi connectivity index (χ3n) is 5.61. The number of aryl methyl sites for hydroxylation is 1. The number of para-hydroxylation sites is 1. The average molecular weight is 488 g/mol. The highest BCUT2D eigenvalue weighted by Gasteiger charge is 2.29. The normalized spacial score (nSPS) is 14.8. The predicted octanol–water partition coefficient (Wildman–Crippen LogP) is 4.55. The summed E-state index contributed by atoms with van der Waals surface area (Å²) < 4.78 is 41.7. The van der Waals surface area contributed by atoms with Gasteiger partial charge >= 0.3 is 0 Å². The molecule has 1 saturated heterocycles. The molecule has 1 N–H and O–H groups in total. The fourth-order valence-electron chi connectivity index (χ4n) is 3.68. The number of hydrogen-bond acceptors (Lipinski definition) is 4. The number of benzene rings is 3. The lowest BCUT2D eigenvalue weighted by Gasteiger charge is -2.35. The van der Waals surface area contributed by atoms with Crippen LogP contribution in [0.15, 0.2) is 71.6 Å². The summed E-state index contributed by atoms with van der Waals surface area (Å²) in [5.74, 6) is -1.07. The number of sulfonamides is 1. The van der Waals surface area contributed by atoms with Crippen LogP contribution in [0, 0.1) is 12.7 Å². The van der Waals surface area contributed by atoms with Crippen molar-refractivity contribution in [3.63, 3.8) is 0 Å². The van der Waals surface area contributed by atoms with Gasteiger partial charge in [0.25, 0.3) is 5.91 Å². The fourth-order valence-corrected chi connectivity index (χ4v) is 5.33. The molecule has 6 nitrogen and oxygen atoms in total. The summed E-state index contributed by atoms with van der Waals surface area (Å²) >= 11 is 6.19. The molecule has 1 amide bonds. The Morgan fingerprint density at radius 3 is 2.33 bits per heavy atom. The van der Waals surface area contributed by atoms with Gasteiger partial charge in [0.05, 0.1) is 15.5 Å². The highest BCUT2D eigenvalue weighted by Crippen LogP contribution is 2.26. The number of anilines is 2. The molecule has 0 radical (unpaired) electrons. The van der Waals surface area contributed by atoms with E-state index in [1.807, 2.05) is 30.3 Å². The quantitative estimate of drug-likeness (QED) is 0.573. The first-order valence-corrected chi connectivity index (χ1v) is 12.2. The molecule has 0 unspecified atom stereocenters. The average Bonchev–Trinajstić information content (AvgIpc) is 2.82. The second-order valence-corrected chi connectivity index (χ2v) is 10.1. The zero-order chi connectivity index (χ0) is 23.6. The van der Waals surface area contributed by atoms with Crippen LogP contribution in [0.25, 0.3) is 0 Å². The molecule has 0 aromatic heterocycles. The monoisotopic (exact) mass is 487 g/mol. The molecule has 0 aliphatic carbocycles. The van der Waals surface area contributed by atoms with Crippen LogP contribution in [0.3, 0.4) is 0 Å². The van der Waals surface area contributed by atoms with Crippen molar-refractivity contribution >= 4 is 38.9 Å². The van der Waals surface area contributed by atoms with Gasteiger partial charge < -0.3 is 10.2 Å². The Kier molecular flexibility index (Phi) is 6.69. The smallest absolute Gasteiger partial charge is 0.257 e. The molecule has 0 atom stereocenters. The van der Waals surface area contributed by atoms with Crippen molar-refractivity contribution in [1.29, 1.82) is 0 Å². The zero-order valence-electron chi connectivity index (χ0n) is 18.0. The molecule has 1 aliphatic heterocycles. The van der Waals surface area contributed by atoms with Crippen LogP contribution in [0.1, 0.15) is 15.9 Å². The summed E-state index contributed by atoms with van der Waals surface area (Å²) in [7, 11) is -3.82. The Labute approximate surface area is 197 Å². The SMILES string of the molecule is Cc1ccc(NC(=O)c2cc(S(=O)(=O)N3CCN(c4ccccc4)CC3)ccc2Cl)cc1F. The number of nitrogens with one attached hydrogen (secondary N) is 1. The lowest BCUT2D eigenvalue weighted by atomic mass is 10.2. The van der Waals surface area contributed by atoms with Crippen LogP contribution >= 0.6 is 11.6 Å². The van der Waals surface area contributed by atoms with Crippen molar-refractivity contribution in [2.45, 2.75) is 11.8 Å². The molecule has 1 aliphatic rings. The molecule has 4 rings (SSSR count). The van der Waals surface area contributed by atoms with E-state index in [9.17, 15) is 17.6 Å². The van der Waals surface area contributed by atoms with Gasteiger partial charge in [0.15, 0.2) is 0 Å². The lowest BCUT2D eigenvalue weighted by molar-refractivity contribution is 0.102. The van der Waals surface area contributed by atoms with E-state index >= 15 is 0 Å². The number of carbonyl (C=O) groups excluding carboxylic acids is 1. The summed E-state index contributed by atoms with van der Waals surface area (Å²) in [6.07, 6.45) is 0. The van der Waals surface area contributed by atoms with Crippen LogP contribution < -0.4 is 10.2 Å². The first kappa shape index (κ1) is 23.2. The zero-order valence-corrected chi connectivity index (χ0v) is 19.5. The number of piperazine rings is 1. The van der Waals surface area contributed by atoms with Gasteiger partial charge in [-0.3, -0.25) is 4.79 Å². The minimum atomic E-state index is -3.82. The highest BCUT2D eigenvalue weighted by molar-refractivity contribution is 7.89. The van der Waals surface area contributed by atoms with Crippen LogP contribution in [-0.2, 0) is 10.0 Å². The van der Waals surface area contributed by atoms with Crippen molar-refractivity contribution in [3.05, 3.63) is 88.7 Å². The van der Waals surface area contributed by atoms with E-state index < -0.39 is 21.7 Å². The van der Waals surface area contributed by atoms with E-state index in [1.54, 1.807) is 19.1 Å². The molecule has 3 aromatic rings. The van der Waals surface area contributed by atoms with E-state index in [1.165, 1.54) is 28.6 Å². The molecule has 33 heavy (non-hydrogen) atoms. The van der Waals surface area contributed by atoms with E-state index in [-0.39, 0.29) is 21.2 Å².